The van der Waals surface area contributed by atoms with Crippen LogP contribution in [-0.2, 0) is 0 Å². The molecule has 666 valence electrons. The van der Waals surface area contributed by atoms with Crippen LogP contribution >= 0.6 is 22.7 Å². The van der Waals surface area contributed by atoms with Crippen LogP contribution in [0, 0.1) is 0 Å². The number of fused-ring (bicyclic) bond motifs is 19. The molecule has 0 aliphatic heterocycles. The van der Waals surface area contributed by atoms with E-state index < -0.39 is 0 Å². The monoisotopic (exact) mass is 1840 g/mol. The molecule has 142 heavy (non-hydrogen) atoms. The highest BCUT2D eigenvalue weighted by atomic mass is 32.1. The Morgan fingerprint density at radius 1 is 0.106 bits per heavy atom. The molecule has 0 saturated carbocycles. The van der Waals surface area contributed by atoms with Gasteiger partial charge in [-0.05, 0) is 313 Å². The Balaban J connectivity index is 0.000000146. The zero-order chi connectivity index (χ0) is 93.9. The number of para-hydroxylation sites is 3. The van der Waals surface area contributed by atoms with Gasteiger partial charge < -0.3 is 19.6 Å². The van der Waals surface area contributed by atoms with E-state index in [0.717, 1.165) is 90.5 Å². The van der Waals surface area contributed by atoms with Crippen LogP contribution in [-0.4, -0.2) is 0 Å². The highest BCUT2D eigenvalue weighted by Gasteiger charge is 2.24. The van der Waals surface area contributed by atoms with Crippen LogP contribution in [0.2, 0.25) is 0 Å². The number of benzene rings is 25. The van der Waals surface area contributed by atoms with Gasteiger partial charge in [0.25, 0.3) is 0 Å². The summed E-state index contributed by atoms with van der Waals surface area (Å²) in [6.45, 7) is 0. The van der Waals surface area contributed by atoms with E-state index in [1.807, 2.05) is 22.7 Å². The predicted octanol–water partition coefficient (Wildman–Crippen LogP) is 40.1. The molecule has 0 N–H and O–H groups in total. The van der Waals surface area contributed by atoms with Gasteiger partial charge >= 0.3 is 0 Å². The molecule has 0 fully saturated rings. The fourth-order valence-electron chi connectivity index (χ4n) is 21.3. The van der Waals surface area contributed by atoms with E-state index in [-0.39, 0.29) is 0 Å². The maximum Gasteiger partial charge on any atom is 0.0540 e. The summed E-state index contributed by atoms with van der Waals surface area (Å²) in [5, 5.41) is 22.9. The number of nitrogens with zero attached hydrogens (tertiary/aromatic N) is 4. The van der Waals surface area contributed by atoms with Crippen molar-refractivity contribution in [3.05, 3.63) is 546 Å². The van der Waals surface area contributed by atoms with Crippen LogP contribution in [0.4, 0.5) is 68.2 Å². The summed E-state index contributed by atoms with van der Waals surface area (Å²) in [6.07, 6.45) is 0. The predicted molar refractivity (Wildman–Crippen MR) is 613 cm³/mol. The summed E-state index contributed by atoms with van der Waals surface area (Å²) >= 11 is 3.72. The summed E-state index contributed by atoms with van der Waals surface area (Å²) in [5.41, 5.74) is 27.6. The molecule has 27 rings (SSSR count). The largest absolute Gasteiger partial charge is 0.311 e. The molecule has 0 unspecified atom stereocenters. The fraction of sp³-hybridized carbons (Fsp3) is 0. The van der Waals surface area contributed by atoms with E-state index in [4.69, 9.17) is 0 Å². The highest BCUT2D eigenvalue weighted by molar-refractivity contribution is 7.26. The molecule has 2 heterocycles. The number of hydrogen-bond donors (Lipinski definition) is 0. The zero-order valence-electron chi connectivity index (χ0n) is 77.6. The molecule has 0 spiro atoms. The lowest BCUT2D eigenvalue weighted by Crippen LogP contribution is -2.10. The van der Waals surface area contributed by atoms with Crippen molar-refractivity contribution in [3.63, 3.8) is 0 Å². The maximum atomic E-state index is 2.40. The third kappa shape index (κ3) is 15.7. The lowest BCUT2D eigenvalue weighted by molar-refractivity contribution is 1.28. The number of anilines is 12. The molecule has 27 aromatic rings. The van der Waals surface area contributed by atoms with Gasteiger partial charge in [0.1, 0.15) is 0 Å². The van der Waals surface area contributed by atoms with Gasteiger partial charge in [-0.15, -0.1) is 22.7 Å². The molecule has 0 bridgehead atoms. The third-order valence-electron chi connectivity index (χ3n) is 28.3. The molecule has 0 radical (unpaired) electrons. The normalized spacial score (nSPS) is 11.5. The van der Waals surface area contributed by atoms with Crippen LogP contribution in [0.25, 0.3) is 183 Å². The molecular formula is C136H90N4S2. The first-order chi connectivity index (χ1) is 70.4. The smallest absolute Gasteiger partial charge is 0.0540 e. The second-order valence-electron chi connectivity index (χ2n) is 36.5. The van der Waals surface area contributed by atoms with Crippen LogP contribution in [0.15, 0.2) is 546 Å². The van der Waals surface area contributed by atoms with Crippen molar-refractivity contribution in [1.29, 1.82) is 0 Å². The Kier molecular flexibility index (Phi) is 21.7. The molecule has 4 nitrogen and oxygen atoms in total. The van der Waals surface area contributed by atoms with Crippen LogP contribution in [0.3, 0.4) is 0 Å². The average Bonchev–Trinajstić information content (AvgIpc) is 1.13. The Morgan fingerprint density at radius 2 is 0.310 bits per heavy atom. The third-order valence-corrected chi connectivity index (χ3v) is 30.6. The second-order valence-corrected chi connectivity index (χ2v) is 38.7. The lowest BCUT2D eigenvalue weighted by Gasteiger charge is -2.27. The topological polar surface area (TPSA) is 13.0 Å². The van der Waals surface area contributed by atoms with E-state index in [9.17, 15) is 0 Å². The van der Waals surface area contributed by atoms with Crippen LogP contribution < -0.4 is 19.6 Å². The van der Waals surface area contributed by atoms with Gasteiger partial charge in [0.05, 0.1) is 5.69 Å². The Hall–Kier alpha value is -18.0. The summed E-state index contributed by atoms with van der Waals surface area (Å²) in [6, 6.07) is 199. The van der Waals surface area contributed by atoms with E-state index in [0.29, 0.717) is 0 Å². The first-order valence-electron chi connectivity index (χ1n) is 48.5. The SMILES string of the molecule is c1ccc(N(c2ccc(-c3ccc(N(c4ccc(-c5ccc(-c6ccc7sc8ccccc8c7c6)cc5)cc4)c4ccc5c6ccccc6c6ccccc6c5c4)cc3)cc2)c2cccc3ccccc23)cc1.c1ccc(N(c2ccccc2)c2ccc(-c3ccc(N(c4ccc(-c5ccc(-c6ccc7sc8ccccc8c7c6)cc5)cc4)c4ccc5c6ccccc6c6ccccc6c5c4)cc3)cc2)cc1. The average molecular weight is 1840 g/mol. The highest BCUT2D eigenvalue weighted by Crippen LogP contribution is 2.49. The lowest BCUT2D eigenvalue weighted by atomic mass is 9.94. The van der Waals surface area contributed by atoms with Gasteiger partial charge in [-0.3, -0.25) is 0 Å². The van der Waals surface area contributed by atoms with Crippen LogP contribution in [0.5, 0.6) is 0 Å². The number of hydrogen-bond acceptors (Lipinski definition) is 6. The summed E-state index contributed by atoms with van der Waals surface area (Å²) in [4.78, 5) is 9.45. The minimum absolute atomic E-state index is 1.09. The Labute approximate surface area is 832 Å². The second kappa shape index (κ2) is 36.5. The zero-order valence-corrected chi connectivity index (χ0v) is 79.2. The fourth-order valence-corrected chi connectivity index (χ4v) is 23.5. The summed E-state index contributed by atoms with van der Waals surface area (Å²) < 4.78 is 5.32. The molecule has 6 heteroatoms. The minimum atomic E-state index is 1.09. The Morgan fingerprint density at radius 3 is 0.634 bits per heavy atom. The molecule has 0 aliphatic rings. The van der Waals surface area contributed by atoms with E-state index in [1.54, 1.807) is 0 Å². The van der Waals surface area contributed by atoms with Crippen LogP contribution in [0.1, 0.15) is 0 Å². The van der Waals surface area contributed by atoms with Crippen molar-refractivity contribution in [2.75, 3.05) is 19.6 Å². The van der Waals surface area contributed by atoms with Crippen molar-refractivity contribution in [1.82, 2.24) is 0 Å². The molecule has 2 aromatic heterocycles. The summed E-state index contributed by atoms with van der Waals surface area (Å²) in [7, 11) is 0. The van der Waals surface area contributed by atoms with Crippen molar-refractivity contribution >= 4 is 207 Å². The number of rotatable bonds is 18. The molecule has 0 atom stereocenters. The van der Waals surface area contributed by atoms with Crippen molar-refractivity contribution in [2.24, 2.45) is 0 Å². The minimum Gasteiger partial charge on any atom is -0.311 e. The molecule has 0 aliphatic carbocycles. The number of thiophene rings is 2. The van der Waals surface area contributed by atoms with Crippen molar-refractivity contribution in [3.8, 4) is 66.8 Å². The first-order valence-corrected chi connectivity index (χ1v) is 50.2. The van der Waals surface area contributed by atoms with Gasteiger partial charge in [-0.1, -0.05) is 370 Å². The van der Waals surface area contributed by atoms with Gasteiger partial charge in [-0.25, -0.2) is 0 Å². The molecular weight excluding hydrogens is 1750 g/mol. The van der Waals surface area contributed by atoms with E-state index >= 15 is 0 Å². The quantitative estimate of drug-likeness (QED) is 0.0794. The molecule has 0 amide bonds. The Bertz CT molecular complexity index is 9300. The van der Waals surface area contributed by atoms with Gasteiger partial charge in [0, 0.05) is 108 Å². The van der Waals surface area contributed by atoms with Gasteiger partial charge in [0.15, 0.2) is 0 Å². The van der Waals surface area contributed by atoms with Gasteiger partial charge in [-0.2, -0.15) is 0 Å². The van der Waals surface area contributed by atoms with Gasteiger partial charge in [0.2, 0.25) is 0 Å². The van der Waals surface area contributed by atoms with Crippen molar-refractivity contribution < 1.29 is 0 Å². The first kappa shape index (κ1) is 84.5. The van der Waals surface area contributed by atoms with Crippen molar-refractivity contribution in [2.45, 2.75) is 0 Å². The molecule has 0 saturated heterocycles. The molecule has 25 aromatic carbocycles. The standard InChI is InChI=1S/C70H46N2S.C66H44N2S/c1-2-15-54(16-3-1)72(68-23-12-14-52-13-4-5-17-59(52)68)57-40-33-50(34-41-57)49-31-38-56(39-32-49)71(58-42-43-64-62-20-7-6-18-60(62)61-19-8-9-21-63(61)66(64)46-58)55-36-29-48(30-37-55)47-25-27-51(28-26-47)53-35-44-70-67(45-53)65-22-10-11-24-69(65)73-70;1-3-13-51(14-4-1)67(52-15-5-2-6-16-52)53-34-27-47(28-35-53)48-31-38-55(39-32-48)68(56-40-41-61-59-19-8-7-17-57(59)58-18-9-10-20-60(58)63(61)44-56)54-36-29-46(30-37-54)45-23-25-49(26-24-45)50-33-42-66-64(43-50)62-21-11-12-22-65(62)69-66/h1-46H;1-44H. The maximum absolute atomic E-state index is 2.40. The van der Waals surface area contributed by atoms with E-state index in [1.165, 1.54) is 160 Å². The summed E-state index contributed by atoms with van der Waals surface area (Å²) in [5.74, 6) is 0. The van der Waals surface area contributed by atoms with E-state index in [2.05, 4.69) is 566 Å².